The summed E-state index contributed by atoms with van der Waals surface area (Å²) < 4.78 is 0. The Bertz CT molecular complexity index is 242. The number of carbonyl (C=O) groups is 1. The summed E-state index contributed by atoms with van der Waals surface area (Å²) in [6.07, 6.45) is 8.94. The lowest BCUT2D eigenvalue weighted by Crippen LogP contribution is -2.40. The molecule has 0 aromatic rings. The van der Waals surface area contributed by atoms with Gasteiger partial charge in [-0.3, -0.25) is 4.79 Å². The van der Waals surface area contributed by atoms with Crippen LogP contribution in [-0.4, -0.2) is 25.0 Å². The molecule has 92 valence electrons. The zero-order valence-corrected chi connectivity index (χ0v) is 10.3. The van der Waals surface area contributed by atoms with Crippen molar-refractivity contribution in [3.63, 3.8) is 0 Å². The molecule has 0 saturated heterocycles. The van der Waals surface area contributed by atoms with Crippen molar-refractivity contribution in [2.75, 3.05) is 13.1 Å². The molecule has 0 heterocycles. The third kappa shape index (κ3) is 3.21. The van der Waals surface area contributed by atoms with E-state index in [1.54, 1.807) is 0 Å². The first-order valence-electron chi connectivity index (χ1n) is 6.74. The Morgan fingerprint density at radius 2 is 2.00 bits per heavy atom. The molecule has 0 bridgehead atoms. The molecule has 3 heteroatoms. The SMILES string of the molecule is CCC1(CNC(=O)CNC2CC2)CCCC1. The average Bonchev–Trinajstić information content (AvgIpc) is 3.02. The van der Waals surface area contributed by atoms with Crippen molar-refractivity contribution in [1.82, 2.24) is 10.6 Å². The molecule has 0 aromatic carbocycles. The van der Waals surface area contributed by atoms with Crippen LogP contribution in [0.2, 0.25) is 0 Å². The van der Waals surface area contributed by atoms with Crippen molar-refractivity contribution in [3.05, 3.63) is 0 Å². The van der Waals surface area contributed by atoms with E-state index < -0.39 is 0 Å². The lowest BCUT2D eigenvalue weighted by molar-refractivity contribution is -0.120. The highest BCUT2D eigenvalue weighted by Gasteiger charge is 2.32. The quantitative estimate of drug-likeness (QED) is 0.722. The van der Waals surface area contributed by atoms with E-state index >= 15 is 0 Å². The third-order valence-electron chi connectivity index (χ3n) is 4.20. The number of amides is 1. The molecule has 0 unspecified atom stereocenters. The number of hydrogen-bond donors (Lipinski definition) is 2. The smallest absolute Gasteiger partial charge is 0.233 e. The van der Waals surface area contributed by atoms with Gasteiger partial charge in [0.2, 0.25) is 5.91 Å². The molecule has 1 amide bonds. The second-order valence-corrected chi connectivity index (χ2v) is 5.49. The lowest BCUT2D eigenvalue weighted by atomic mass is 9.83. The fourth-order valence-electron chi connectivity index (χ4n) is 2.65. The lowest BCUT2D eigenvalue weighted by Gasteiger charge is -2.27. The highest BCUT2D eigenvalue weighted by molar-refractivity contribution is 5.78. The van der Waals surface area contributed by atoms with Crippen molar-refractivity contribution in [2.24, 2.45) is 5.41 Å². The minimum Gasteiger partial charge on any atom is -0.354 e. The van der Waals surface area contributed by atoms with Gasteiger partial charge in [0.1, 0.15) is 0 Å². The molecule has 2 rings (SSSR count). The molecule has 2 N–H and O–H groups in total. The summed E-state index contributed by atoms with van der Waals surface area (Å²) in [4.78, 5) is 11.6. The van der Waals surface area contributed by atoms with Crippen LogP contribution in [0.1, 0.15) is 51.9 Å². The second-order valence-electron chi connectivity index (χ2n) is 5.49. The fourth-order valence-corrected chi connectivity index (χ4v) is 2.65. The van der Waals surface area contributed by atoms with Gasteiger partial charge in [-0.15, -0.1) is 0 Å². The topological polar surface area (TPSA) is 41.1 Å². The van der Waals surface area contributed by atoms with Crippen LogP contribution in [0.4, 0.5) is 0 Å². The molecular weight excluding hydrogens is 200 g/mol. The third-order valence-corrected chi connectivity index (χ3v) is 4.20. The van der Waals surface area contributed by atoms with Crippen LogP contribution >= 0.6 is 0 Å². The molecule has 0 aromatic heterocycles. The Labute approximate surface area is 98.4 Å². The van der Waals surface area contributed by atoms with Gasteiger partial charge in [0.25, 0.3) is 0 Å². The van der Waals surface area contributed by atoms with E-state index in [0.29, 0.717) is 18.0 Å². The molecule has 0 aliphatic heterocycles. The second kappa shape index (κ2) is 5.17. The van der Waals surface area contributed by atoms with Gasteiger partial charge in [-0.25, -0.2) is 0 Å². The molecule has 2 saturated carbocycles. The Kier molecular flexibility index (Phi) is 3.85. The van der Waals surface area contributed by atoms with Crippen LogP contribution in [0.15, 0.2) is 0 Å². The van der Waals surface area contributed by atoms with Crippen LogP contribution in [-0.2, 0) is 4.79 Å². The van der Waals surface area contributed by atoms with Crippen LogP contribution in [0, 0.1) is 5.41 Å². The van der Waals surface area contributed by atoms with Crippen LogP contribution in [0.3, 0.4) is 0 Å². The van der Waals surface area contributed by atoms with Crippen molar-refractivity contribution in [3.8, 4) is 0 Å². The first-order chi connectivity index (χ1) is 7.74. The molecule has 16 heavy (non-hydrogen) atoms. The zero-order chi connectivity index (χ0) is 11.4. The maximum Gasteiger partial charge on any atom is 0.233 e. The molecule has 3 nitrogen and oxygen atoms in total. The molecule has 2 aliphatic rings. The summed E-state index contributed by atoms with van der Waals surface area (Å²) in [5, 5.41) is 6.35. The van der Waals surface area contributed by atoms with E-state index in [0.717, 1.165) is 6.54 Å². The van der Waals surface area contributed by atoms with E-state index in [9.17, 15) is 4.79 Å². The van der Waals surface area contributed by atoms with Gasteiger partial charge >= 0.3 is 0 Å². The summed E-state index contributed by atoms with van der Waals surface area (Å²) >= 11 is 0. The highest BCUT2D eigenvalue weighted by atomic mass is 16.1. The van der Waals surface area contributed by atoms with Crippen molar-refractivity contribution in [2.45, 2.75) is 57.9 Å². The number of carbonyl (C=O) groups excluding carboxylic acids is 1. The predicted molar refractivity (Wildman–Crippen MR) is 65.2 cm³/mol. The van der Waals surface area contributed by atoms with E-state index in [4.69, 9.17) is 0 Å². The van der Waals surface area contributed by atoms with Crippen molar-refractivity contribution >= 4 is 5.91 Å². The summed E-state index contributed by atoms with van der Waals surface area (Å²) in [5.74, 6) is 0.173. The minimum absolute atomic E-state index is 0.173. The molecule has 2 aliphatic carbocycles. The summed E-state index contributed by atoms with van der Waals surface area (Å²) in [6, 6.07) is 0.623. The van der Waals surface area contributed by atoms with Crippen LogP contribution in [0.5, 0.6) is 0 Å². The zero-order valence-electron chi connectivity index (χ0n) is 10.3. The molecule has 0 spiro atoms. The van der Waals surface area contributed by atoms with Gasteiger partial charge in [0.15, 0.2) is 0 Å². The minimum atomic E-state index is 0.173. The molecule has 0 atom stereocenters. The van der Waals surface area contributed by atoms with Gasteiger partial charge in [-0.05, 0) is 37.5 Å². The monoisotopic (exact) mass is 224 g/mol. The van der Waals surface area contributed by atoms with E-state index in [-0.39, 0.29) is 5.91 Å². The van der Waals surface area contributed by atoms with Crippen molar-refractivity contribution < 1.29 is 4.79 Å². The van der Waals surface area contributed by atoms with E-state index in [1.807, 2.05) is 0 Å². The summed E-state index contributed by atoms with van der Waals surface area (Å²) in [6.45, 7) is 3.64. The predicted octanol–water partition coefficient (Wildman–Crippen LogP) is 1.82. The maximum absolute atomic E-state index is 11.6. The standard InChI is InChI=1S/C13H24N2O/c1-2-13(7-3-4-8-13)10-15-12(16)9-14-11-5-6-11/h11,14H,2-10H2,1H3,(H,15,16). The summed E-state index contributed by atoms with van der Waals surface area (Å²) in [7, 11) is 0. The number of rotatable bonds is 6. The van der Waals surface area contributed by atoms with Gasteiger partial charge in [0.05, 0.1) is 6.54 Å². The van der Waals surface area contributed by atoms with E-state index in [2.05, 4.69) is 17.6 Å². The van der Waals surface area contributed by atoms with Gasteiger partial charge in [-0.1, -0.05) is 19.8 Å². The van der Waals surface area contributed by atoms with Crippen LogP contribution < -0.4 is 10.6 Å². The van der Waals surface area contributed by atoms with Crippen LogP contribution in [0.25, 0.3) is 0 Å². The van der Waals surface area contributed by atoms with E-state index in [1.165, 1.54) is 44.9 Å². The molecule has 2 fully saturated rings. The maximum atomic E-state index is 11.6. The number of hydrogen-bond acceptors (Lipinski definition) is 2. The fraction of sp³-hybridized carbons (Fsp3) is 0.923. The largest absolute Gasteiger partial charge is 0.354 e. The Morgan fingerprint density at radius 1 is 1.31 bits per heavy atom. The normalized spacial score (nSPS) is 23.3. The van der Waals surface area contributed by atoms with Gasteiger partial charge in [-0.2, -0.15) is 0 Å². The Hall–Kier alpha value is -0.570. The number of nitrogens with one attached hydrogen (secondary N) is 2. The molecular formula is C13H24N2O. The Morgan fingerprint density at radius 3 is 2.56 bits per heavy atom. The molecule has 0 radical (unpaired) electrons. The first kappa shape index (κ1) is 11.9. The average molecular weight is 224 g/mol. The summed E-state index contributed by atoms with van der Waals surface area (Å²) in [5.41, 5.74) is 0.412. The highest BCUT2D eigenvalue weighted by Crippen LogP contribution is 2.40. The van der Waals surface area contributed by atoms with Gasteiger partial charge in [0, 0.05) is 12.6 Å². The first-order valence-corrected chi connectivity index (χ1v) is 6.74. The van der Waals surface area contributed by atoms with Gasteiger partial charge < -0.3 is 10.6 Å². The Balaban J connectivity index is 1.66. The van der Waals surface area contributed by atoms with Crippen molar-refractivity contribution in [1.29, 1.82) is 0 Å².